The molecule has 176 valence electrons. The van der Waals surface area contributed by atoms with Crippen LogP contribution in [0.1, 0.15) is 31.8 Å². The summed E-state index contributed by atoms with van der Waals surface area (Å²) in [6, 6.07) is 21.3. The smallest absolute Gasteiger partial charge is 0.271 e. The molecule has 10 nitrogen and oxygen atoms in total. The summed E-state index contributed by atoms with van der Waals surface area (Å²) in [4.78, 5) is 47.5. The minimum absolute atomic E-state index is 0.0816. The molecule has 0 unspecified atom stereocenters. The largest absolute Gasteiger partial charge is 0.355 e. The van der Waals surface area contributed by atoms with E-state index in [0.29, 0.717) is 22.7 Å². The second-order valence-electron chi connectivity index (χ2n) is 8.04. The fraction of sp³-hybridized carbons (Fsp3) is 0. The molecule has 0 fully saturated rings. The first kappa shape index (κ1) is 22.4. The summed E-state index contributed by atoms with van der Waals surface area (Å²) in [7, 11) is 0. The van der Waals surface area contributed by atoms with Gasteiger partial charge in [-0.05, 0) is 48.5 Å². The van der Waals surface area contributed by atoms with E-state index in [-0.39, 0.29) is 45.2 Å². The van der Waals surface area contributed by atoms with Crippen LogP contribution in [0.25, 0.3) is 0 Å². The number of nitro benzene ring substituents is 2. The fourth-order valence-electron chi connectivity index (χ4n) is 4.03. The minimum atomic E-state index is -0.504. The Kier molecular flexibility index (Phi) is 5.46. The average Bonchev–Trinajstić information content (AvgIpc) is 2.87. The number of carbonyl (C=O) groups excluding carboxylic acids is 2. The minimum Gasteiger partial charge on any atom is -0.355 e. The number of nitrogens with one attached hydrogen (secondary N) is 2. The van der Waals surface area contributed by atoms with Crippen LogP contribution in [0.2, 0.25) is 0 Å². The van der Waals surface area contributed by atoms with E-state index in [9.17, 15) is 29.8 Å². The third kappa shape index (κ3) is 4.14. The molecule has 0 saturated heterocycles. The number of carbonyl (C=O) groups is 2. The highest BCUT2D eigenvalue weighted by Crippen LogP contribution is 2.33. The van der Waals surface area contributed by atoms with Crippen molar-refractivity contribution in [3.05, 3.63) is 127 Å². The zero-order valence-corrected chi connectivity index (χ0v) is 18.4. The van der Waals surface area contributed by atoms with Gasteiger partial charge in [0.2, 0.25) is 0 Å². The standard InChI is InChI=1S/C26H16N4O6/c31-25-21-9-7-17(27-15-3-1-5-19(11-15)29(33)34)13-23(21)26(32)24-14-18(8-10-22(24)25)28-16-4-2-6-20(12-16)30(35)36/h1-14,27-28H. The Morgan fingerprint density at radius 2 is 0.889 bits per heavy atom. The first-order valence-electron chi connectivity index (χ1n) is 10.7. The lowest BCUT2D eigenvalue weighted by Gasteiger charge is -2.20. The van der Waals surface area contributed by atoms with Gasteiger partial charge in [0, 0.05) is 69.3 Å². The summed E-state index contributed by atoms with van der Waals surface area (Å²) in [6.07, 6.45) is 0. The second-order valence-corrected chi connectivity index (χ2v) is 8.04. The van der Waals surface area contributed by atoms with Gasteiger partial charge in [-0.15, -0.1) is 0 Å². The summed E-state index contributed by atoms with van der Waals surface area (Å²) < 4.78 is 0. The molecule has 1 aliphatic rings. The van der Waals surface area contributed by atoms with Gasteiger partial charge in [0.1, 0.15) is 0 Å². The molecule has 10 heteroatoms. The number of hydrogen-bond donors (Lipinski definition) is 2. The van der Waals surface area contributed by atoms with Crippen molar-refractivity contribution in [2.45, 2.75) is 0 Å². The van der Waals surface area contributed by atoms with E-state index in [1.807, 2.05) is 0 Å². The highest BCUT2D eigenvalue weighted by molar-refractivity contribution is 6.29. The number of benzene rings is 4. The molecule has 0 heterocycles. The maximum atomic E-state index is 13.4. The van der Waals surface area contributed by atoms with Gasteiger partial charge in [-0.1, -0.05) is 12.1 Å². The van der Waals surface area contributed by atoms with E-state index >= 15 is 0 Å². The number of nitrogens with zero attached hydrogens (tertiary/aromatic N) is 2. The van der Waals surface area contributed by atoms with Crippen molar-refractivity contribution in [2.75, 3.05) is 10.6 Å². The van der Waals surface area contributed by atoms with Crippen molar-refractivity contribution in [3.63, 3.8) is 0 Å². The van der Waals surface area contributed by atoms with Crippen LogP contribution in [0, 0.1) is 20.2 Å². The zero-order valence-electron chi connectivity index (χ0n) is 18.4. The number of fused-ring (bicyclic) bond motifs is 2. The first-order valence-corrected chi connectivity index (χ1v) is 10.7. The van der Waals surface area contributed by atoms with E-state index in [4.69, 9.17) is 0 Å². The molecule has 2 N–H and O–H groups in total. The molecular formula is C26H16N4O6. The topological polar surface area (TPSA) is 144 Å². The molecule has 4 aromatic rings. The van der Waals surface area contributed by atoms with Crippen LogP contribution in [-0.4, -0.2) is 21.4 Å². The predicted molar refractivity (Wildman–Crippen MR) is 133 cm³/mol. The van der Waals surface area contributed by atoms with Crippen molar-refractivity contribution in [3.8, 4) is 0 Å². The molecule has 0 aliphatic heterocycles. The molecule has 0 atom stereocenters. The lowest BCUT2D eigenvalue weighted by molar-refractivity contribution is -0.385. The van der Waals surface area contributed by atoms with Gasteiger partial charge in [0.05, 0.1) is 9.85 Å². The Hall–Kier alpha value is -5.38. The highest BCUT2D eigenvalue weighted by atomic mass is 16.6. The number of hydrogen-bond acceptors (Lipinski definition) is 8. The quantitative estimate of drug-likeness (QED) is 0.230. The van der Waals surface area contributed by atoms with Gasteiger partial charge < -0.3 is 10.6 Å². The van der Waals surface area contributed by atoms with E-state index in [0.717, 1.165) is 0 Å². The number of nitro groups is 2. The van der Waals surface area contributed by atoms with Gasteiger partial charge in [0.15, 0.2) is 11.6 Å². The van der Waals surface area contributed by atoms with Gasteiger partial charge in [-0.25, -0.2) is 0 Å². The van der Waals surface area contributed by atoms with Crippen LogP contribution in [0.4, 0.5) is 34.1 Å². The lowest BCUT2D eigenvalue weighted by atomic mass is 9.83. The van der Waals surface area contributed by atoms with Gasteiger partial charge in [-0.3, -0.25) is 29.8 Å². The Morgan fingerprint density at radius 3 is 1.31 bits per heavy atom. The molecule has 0 amide bonds. The second kappa shape index (κ2) is 8.76. The molecular weight excluding hydrogens is 464 g/mol. The summed E-state index contributed by atoms with van der Waals surface area (Å²) >= 11 is 0. The molecule has 1 aliphatic carbocycles. The van der Waals surface area contributed by atoms with Crippen LogP contribution in [0.5, 0.6) is 0 Å². The third-order valence-electron chi connectivity index (χ3n) is 5.71. The summed E-state index contributed by atoms with van der Waals surface area (Å²) in [5.41, 5.74) is 2.67. The van der Waals surface area contributed by atoms with Crippen LogP contribution < -0.4 is 10.6 Å². The van der Waals surface area contributed by atoms with Gasteiger partial charge in [-0.2, -0.15) is 0 Å². The molecule has 5 rings (SSSR count). The third-order valence-corrected chi connectivity index (χ3v) is 5.71. The van der Waals surface area contributed by atoms with Crippen molar-refractivity contribution in [1.82, 2.24) is 0 Å². The van der Waals surface area contributed by atoms with E-state index in [1.165, 1.54) is 36.4 Å². The summed E-state index contributed by atoms with van der Waals surface area (Å²) in [5.74, 6) is -0.659. The van der Waals surface area contributed by atoms with Crippen LogP contribution in [-0.2, 0) is 0 Å². The number of ketones is 2. The molecule has 0 bridgehead atoms. The van der Waals surface area contributed by atoms with Crippen LogP contribution >= 0.6 is 0 Å². The number of anilines is 4. The SMILES string of the molecule is O=C1c2ccc(Nc3cccc([N+](=O)[O-])c3)cc2C(=O)c2cc(Nc3cccc([N+](=O)[O-])c3)ccc21. The lowest BCUT2D eigenvalue weighted by Crippen LogP contribution is -2.21. The molecule has 0 radical (unpaired) electrons. The molecule has 36 heavy (non-hydrogen) atoms. The maximum Gasteiger partial charge on any atom is 0.271 e. The Labute approximate surface area is 203 Å². The Bertz CT molecular complexity index is 1480. The van der Waals surface area contributed by atoms with Gasteiger partial charge >= 0.3 is 0 Å². The number of non-ortho nitro benzene ring substituents is 2. The fourth-order valence-corrected chi connectivity index (χ4v) is 4.03. The Morgan fingerprint density at radius 1 is 0.500 bits per heavy atom. The van der Waals surface area contributed by atoms with Crippen molar-refractivity contribution >= 4 is 45.7 Å². The predicted octanol–water partition coefficient (Wildman–Crippen LogP) is 5.77. The van der Waals surface area contributed by atoms with E-state index in [2.05, 4.69) is 10.6 Å². The first-order chi connectivity index (χ1) is 17.3. The average molecular weight is 480 g/mol. The van der Waals surface area contributed by atoms with Crippen molar-refractivity contribution < 1.29 is 19.4 Å². The number of rotatable bonds is 6. The van der Waals surface area contributed by atoms with Crippen LogP contribution in [0.15, 0.2) is 84.9 Å². The molecule has 0 spiro atoms. The van der Waals surface area contributed by atoms with Crippen molar-refractivity contribution in [1.29, 1.82) is 0 Å². The highest BCUT2D eigenvalue weighted by Gasteiger charge is 2.30. The summed E-state index contributed by atoms with van der Waals surface area (Å²) in [5, 5.41) is 28.1. The zero-order chi connectivity index (χ0) is 25.4. The maximum absolute atomic E-state index is 13.4. The molecule has 4 aromatic carbocycles. The van der Waals surface area contributed by atoms with E-state index < -0.39 is 9.85 Å². The summed E-state index contributed by atoms with van der Waals surface area (Å²) in [6.45, 7) is 0. The van der Waals surface area contributed by atoms with Crippen molar-refractivity contribution in [2.24, 2.45) is 0 Å². The van der Waals surface area contributed by atoms with Crippen LogP contribution in [0.3, 0.4) is 0 Å². The van der Waals surface area contributed by atoms with Gasteiger partial charge in [0.25, 0.3) is 11.4 Å². The molecule has 0 saturated carbocycles. The monoisotopic (exact) mass is 480 g/mol. The Balaban J connectivity index is 1.45. The normalized spacial score (nSPS) is 11.9. The molecule has 0 aromatic heterocycles. The van der Waals surface area contributed by atoms with E-state index in [1.54, 1.807) is 48.5 Å².